The average molecular weight is 104 g/mol. The number of hydrogen-bond acceptors (Lipinski definition) is 1. The fourth-order valence-electron chi connectivity index (χ4n) is 0.225. The van der Waals surface area contributed by atoms with Gasteiger partial charge in [0.05, 0.1) is 0 Å². The molecule has 0 rings (SSSR count). The van der Waals surface area contributed by atoms with Crippen LogP contribution in [0, 0.1) is 0 Å². The van der Waals surface area contributed by atoms with Crippen molar-refractivity contribution >= 4 is 0 Å². The van der Waals surface area contributed by atoms with Gasteiger partial charge in [0, 0.05) is 6.61 Å². The summed E-state index contributed by atoms with van der Waals surface area (Å²) >= 11 is 0. The minimum atomic E-state index is -0.513. The van der Waals surface area contributed by atoms with Gasteiger partial charge in [0.1, 0.15) is 6.67 Å². The van der Waals surface area contributed by atoms with Crippen molar-refractivity contribution in [1.82, 2.24) is 0 Å². The van der Waals surface area contributed by atoms with Crippen LogP contribution in [-0.2, 0) is 0 Å². The second-order valence-corrected chi connectivity index (χ2v) is 1.36. The third-order valence-electron chi connectivity index (χ3n) is 0.654. The number of hydrogen-bond donors (Lipinski definition) is 1. The van der Waals surface area contributed by atoms with Crippen molar-refractivity contribution in [1.29, 1.82) is 0 Å². The van der Waals surface area contributed by atoms with Gasteiger partial charge in [-0.2, -0.15) is 0 Å². The number of rotatable bonds is 3. The van der Waals surface area contributed by atoms with Crippen molar-refractivity contribution in [3.8, 4) is 0 Å². The summed E-state index contributed by atoms with van der Waals surface area (Å²) in [5, 5.41) is 8.14. The van der Waals surface area contributed by atoms with Crippen LogP contribution in [0.15, 0.2) is 12.2 Å². The zero-order valence-corrected chi connectivity index (χ0v) is 4.15. The molecule has 0 saturated heterocycles. The van der Waals surface area contributed by atoms with E-state index >= 15 is 0 Å². The van der Waals surface area contributed by atoms with E-state index in [1.54, 1.807) is 0 Å². The zero-order chi connectivity index (χ0) is 5.70. The summed E-state index contributed by atoms with van der Waals surface area (Å²) in [6.45, 7) is 2.82. The zero-order valence-electron chi connectivity index (χ0n) is 4.15. The summed E-state index contributed by atoms with van der Waals surface area (Å²) in [4.78, 5) is 0. The molecule has 0 amide bonds. The molecule has 7 heavy (non-hydrogen) atoms. The van der Waals surface area contributed by atoms with Crippen molar-refractivity contribution in [2.45, 2.75) is 6.42 Å². The van der Waals surface area contributed by atoms with E-state index in [-0.39, 0.29) is 6.61 Å². The summed E-state index contributed by atoms with van der Waals surface area (Å²) in [5.41, 5.74) is 0.461. The van der Waals surface area contributed by atoms with E-state index in [1.165, 1.54) is 0 Å². The van der Waals surface area contributed by atoms with Crippen molar-refractivity contribution in [3.05, 3.63) is 12.2 Å². The summed E-state index contributed by atoms with van der Waals surface area (Å²) in [5.74, 6) is 0. The first-order chi connectivity index (χ1) is 3.31. The molecule has 0 radical (unpaired) electrons. The van der Waals surface area contributed by atoms with Gasteiger partial charge < -0.3 is 5.11 Å². The van der Waals surface area contributed by atoms with E-state index in [0.717, 1.165) is 0 Å². The van der Waals surface area contributed by atoms with Crippen molar-refractivity contribution in [3.63, 3.8) is 0 Å². The molecule has 0 spiro atoms. The van der Waals surface area contributed by atoms with Gasteiger partial charge in [-0.25, -0.2) is 4.39 Å². The van der Waals surface area contributed by atoms with Crippen LogP contribution in [0.1, 0.15) is 6.42 Å². The molecular formula is C5H9FO. The van der Waals surface area contributed by atoms with Crippen LogP contribution in [0.25, 0.3) is 0 Å². The molecular weight excluding hydrogens is 95.1 g/mol. The van der Waals surface area contributed by atoms with Crippen molar-refractivity contribution in [2.24, 2.45) is 0 Å². The molecule has 1 N–H and O–H groups in total. The van der Waals surface area contributed by atoms with Crippen LogP contribution >= 0.6 is 0 Å². The lowest BCUT2D eigenvalue weighted by molar-refractivity contribution is 0.295. The van der Waals surface area contributed by atoms with Gasteiger partial charge in [-0.1, -0.05) is 6.58 Å². The lowest BCUT2D eigenvalue weighted by Crippen LogP contribution is -1.87. The normalized spacial score (nSPS) is 8.86. The molecule has 0 aliphatic carbocycles. The summed E-state index contributed by atoms with van der Waals surface area (Å²) in [6.07, 6.45) is 0.385. The highest BCUT2D eigenvalue weighted by molar-refractivity contribution is 4.92. The molecule has 0 aromatic rings. The SMILES string of the molecule is C=C(CF)CCO. The van der Waals surface area contributed by atoms with Crippen LogP contribution in [0.5, 0.6) is 0 Å². The van der Waals surface area contributed by atoms with Crippen LogP contribution in [0.2, 0.25) is 0 Å². The molecule has 1 nitrogen and oxygen atoms in total. The first-order valence-electron chi connectivity index (χ1n) is 2.14. The second-order valence-electron chi connectivity index (χ2n) is 1.36. The molecule has 0 unspecified atom stereocenters. The molecule has 0 aromatic carbocycles. The molecule has 2 heteroatoms. The standard InChI is InChI=1S/C5H9FO/c1-5(4-6)2-3-7/h7H,1-4H2. The Morgan fingerprint density at radius 3 is 2.43 bits per heavy atom. The number of halogens is 1. The molecule has 0 saturated carbocycles. The smallest absolute Gasteiger partial charge is 0.110 e. The fourth-order valence-corrected chi connectivity index (χ4v) is 0.225. The topological polar surface area (TPSA) is 20.2 Å². The van der Waals surface area contributed by atoms with Gasteiger partial charge in [-0.3, -0.25) is 0 Å². The van der Waals surface area contributed by atoms with Gasteiger partial charge in [0.2, 0.25) is 0 Å². The Balaban J connectivity index is 3.00. The van der Waals surface area contributed by atoms with E-state index in [1.807, 2.05) is 0 Å². The van der Waals surface area contributed by atoms with Crippen LogP contribution in [-0.4, -0.2) is 18.4 Å². The lowest BCUT2D eigenvalue weighted by Gasteiger charge is -1.91. The Kier molecular flexibility index (Phi) is 3.61. The molecule has 0 aromatic heterocycles. The maximum absolute atomic E-state index is 11.4. The Morgan fingerprint density at radius 2 is 2.29 bits per heavy atom. The quantitative estimate of drug-likeness (QED) is 0.527. The molecule has 0 atom stereocenters. The molecule has 0 bridgehead atoms. The first kappa shape index (κ1) is 6.63. The Hall–Kier alpha value is -0.370. The van der Waals surface area contributed by atoms with Gasteiger partial charge >= 0.3 is 0 Å². The Bertz CT molecular complexity index is 61.1. The van der Waals surface area contributed by atoms with E-state index < -0.39 is 6.67 Å². The van der Waals surface area contributed by atoms with E-state index in [0.29, 0.717) is 12.0 Å². The lowest BCUT2D eigenvalue weighted by atomic mass is 10.2. The number of aliphatic hydroxyl groups is 1. The Labute approximate surface area is 42.5 Å². The third kappa shape index (κ3) is 3.46. The van der Waals surface area contributed by atoms with Crippen LogP contribution in [0.3, 0.4) is 0 Å². The highest BCUT2D eigenvalue weighted by atomic mass is 19.1. The minimum absolute atomic E-state index is 0.00273. The van der Waals surface area contributed by atoms with Gasteiger partial charge in [-0.15, -0.1) is 0 Å². The van der Waals surface area contributed by atoms with E-state index in [2.05, 4.69) is 6.58 Å². The molecule has 0 fully saturated rings. The summed E-state index contributed by atoms with van der Waals surface area (Å²) < 4.78 is 11.4. The first-order valence-corrected chi connectivity index (χ1v) is 2.14. The van der Waals surface area contributed by atoms with E-state index in [9.17, 15) is 4.39 Å². The second kappa shape index (κ2) is 3.81. The maximum atomic E-state index is 11.4. The van der Waals surface area contributed by atoms with Gasteiger partial charge in [0.25, 0.3) is 0 Å². The molecule has 0 aliphatic heterocycles. The minimum Gasteiger partial charge on any atom is -0.396 e. The average Bonchev–Trinajstić information content (AvgIpc) is 1.68. The van der Waals surface area contributed by atoms with Crippen LogP contribution in [0.4, 0.5) is 4.39 Å². The molecule has 0 heterocycles. The number of alkyl halides is 1. The predicted molar refractivity (Wildman–Crippen MR) is 26.8 cm³/mol. The van der Waals surface area contributed by atoms with E-state index in [4.69, 9.17) is 5.11 Å². The highest BCUT2D eigenvalue weighted by Crippen LogP contribution is 1.94. The summed E-state index contributed by atoms with van der Waals surface area (Å²) in [7, 11) is 0. The molecule has 42 valence electrons. The highest BCUT2D eigenvalue weighted by Gasteiger charge is 1.87. The Morgan fingerprint density at radius 1 is 1.71 bits per heavy atom. The van der Waals surface area contributed by atoms with Gasteiger partial charge in [0.15, 0.2) is 0 Å². The summed E-state index contributed by atoms with van der Waals surface area (Å²) in [6, 6.07) is 0. The number of aliphatic hydroxyl groups excluding tert-OH is 1. The van der Waals surface area contributed by atoms with Gasteiger partial charge in [-0.05, 0) is 12.0 Å². The predicted octanol–water partition coefficient (Wildman–Crippen LogP) is 0.895. The van der Waals surface area contributed by atoms with Crippen LogP contribution < -0.4 is 0 Å². The third-order valence-corrected chi connectivity index (χ3v) is 0.654. The fraction of sp³-hybridized carbons (Fsp3) is 0.600. The monoisotopic (exact) mass is 104 g/mol. The maximum Gasteiger partial charge on any atom is 0.110 e. The van der Waals surface area contributed by atoms with Crippen molar-refractivity contribution in [2.75, 3.05) is 13.3 Å². The van der Waals surface area contributed by atoms with Crippen molar-refractivity contribution < 1.29 is 9.50 Å². The largest absolute Gasteiger partial charge is 0.396 e. The molecule has 0 aliphatic rings.